The normalized spacial score (nSPS) is 14.4. The van der Waals surface area contributed by atoms with Gasteiger partial charge in [0.15, 0.2) is 5.65 Å². The van der Waals surface area contributed by atoms with Gasteiger partial charge < -0.3 is 10.3 Å². The van der Waals surface area contributed by atoms with Gasteiger partial charge >= 0.3 is 0 Å². The lowest BCUT2D eigenvalue weighted by molar-refractivity contribution is 0.649. The molecule has 0 spiro atoms. The summed E-state index contributed by atoms with van der Waals surface area (Å²) >= 11 is 0. The molecule has 1 aliphatic carbocycles. The van der Waals surface area contributed by atoms with Crippen molar-refractivity contribution in [2.75, 3.05) is 5.32 Å². The average Bonchev–Trinajstić information content (AvgIpc) is 3.74. The van der Waals surface area contributed by atoms with E-state index >= 15 is 0 Å². The van der Waals surface area contributed by atoms with Crippen LogP contribution in [0.1, 0.15) is 49.6 Å². The molecule has 1 saturated carbocycles. The highest BCUT2D eigenvalue weighted by Gasteiger charge is 2.19. The first kappa shape index (κ1) is 25.5. The molecule has 6 rings (SSSR count). The molecular formula is C33H33N7. The zero-order chi connectivity index (χ0) is 27.5. The Balaban J connectivity index is 1.34. The quantitative estimate of drug-likeness (QED) is 0.179. The number of rotatable bonds is 8. The summed E-state index contributed by atoms with van der Waals surface area (Å²) in [4.78, 5) is 17.3. The summed E-state index contributed by atoms with van der Waals surface area (Å²) < 4.78 is 0. The molecule has 0 saturated heterocycles. The van der Waals surface area contributed by atoms with Crippen molar-refractivity contribution < 1.29 is 0 Å². The van der Waals surface area contributed by atoms with Gasteiger partial charge in [0.1, 0.15) is 0 Å². The van der Waals surface area contributed by atoms with Gasteiger partial charge in [-0.25, -0.2) is 4.98 Å². The van der Waals surface area contributed by atoms with Crippen LogP contribution in [0.3, 0.4) is 0 Å². The van der Waals surface area contributed by atoms with Crippen LogP contribution in [0.5, 0.6) is 0 Å². The van der Waals surface area contributed by atoms with Gasteiger partial charge in [0.05, 0.1) is 29.0 Å². The summed E-state index contributed by atoms with van der Waals surface area (Å²) in [5.41, 5.74) is 10.6. The number of allylic oxidation sites excluding steroid dienone is 4. The van der Waals surface area contributed by atoms with Gasteiger partial charge in [0, 0.05) is 57.6 Å². The molecule has 0 unspecified atom stereocenters. The van der Waals surface area contributed by atoms with Crippen LogP contribution in [0.25, 0.3) is 39.1 Å². The minimum atomic E-state index is 0.537. The molecule has 0 bridgehead atoms. The predicted octanol–water partition coefficient (Wildman–Crippen LogP) is 7.84. The number of pyridine rings is 3. The van der Waals surface area contributed by atoms with E-state index in [1.807, 2.05) is 62.1 Å². The molecule has 1 aliphatic rings. The average molecular weight is 528 g/mol. The molecule has 5 aromatic heterocycles. The maximum atomic E-state index is 4.66. The predicted molar refractivity (Wildman–Crippen MR) is 162 cm³/mol. The lowest BCUT2D eigenvalue weighted by Crippen LogP contribution is -2.07. The number of aryl methyl sites for hydroxylation is 1. The van der Waals surface area contributed by atoms with Crippen LogP contribution in [0.2, 0.25) is 0 Å². The number of H-pyrrole nitrogens is 2. The van der Waals surface area contributed by atoms with Crippen molar-refractivity contribution in [2.24, 2.45) is 5.92 Å². The standard InChI is InChI=1S/C33H33N7/c1-4-5-12-27(30-13-8-9-14-35-30)28-17-31(38-22(28)3)32-29-16-25(19-36-33(29)40-39-32)24-15-26(20-34-18-24)37-21(2)23-10-6-7-11-23/h4-5,8-9,12-20,23,37-38H,2,6-7,10-11H2,1,3H3,(H,36,39,40)/b5-4-,27-12+. The number of hydrogen-bond acceptors (Lipinski definition) is 5. The minimum Gasteiger partial charge on any atom is -0.358 e. The maximum Gasteiger partial charge on any atom is 0.181 e. The highest BCUT2D eigenvalue weighted by molar-refractivity contribution is 5.94. The van der Waals surface area contributed by atoms with Gasteiger partial charge in [0.2, 0.25) is 0 Å². The van der Waals surface area contributed by atoms with Crippen LogP contribution in [0.4, 0.5) is 5.69 Å². The van der Waals surface area contributed by atoms with Crippen molar-refractivity contribution in [3.8, 4) is 22.5 Å². The minimum absolute atomic E-state index is 0.537. The number of aromatic amines is 2. The highest BCUT2D eigenvalue weighted by atomic mass is 15.2. The second-order valence-electron chi connectivity index (χ2n) is 10.3. The summed E-state index contributed by atoms with van der Waals surface area (Å²) in [7, 11) is 0. The van der Waals surface area contributed by atoms with Crippen molar-refractivity contribution in [3.63, 3.8) is 0 Å². The summed E-state index contributed by atoms with van der Waals surface area (Å²) in [6, 6.07) is 12.4. The first-order valence-electron chi connectivity index (χ1n) is 13.8. The molecule has 5 aromatic rings. The molecule has 5 heterocycles. The Morgan fingerprint density at radius 3 is 2.70 bits per heavy atom. The van der Waals surface area contributed by atoms with Gasteiger partial charge in [-0.15, -0.1) is 0 Å². The van der Waals surface area contributed by atoms with Crippen LogP contribution < -0.4 is 5.32 Å². The molecule has 7 heteroatoms. The number of hydrogen-bond donors (Lipinski definition) is 3. The van der Waals surface area contributed by atoms with E-state index in [1.54, 1.807) is 0 Å². The Morgan fingerprint density at radius 2 is 1.90 bits per heavy atom. The van der Waals surface area contributed by atoms with Crippen molar-refractivity contribution in [1.29, 1.82) is 0 Å². The fraction of sp³-hybridized carbons (Fsp3) is 0.212. The fourth-order valence-corrected chi connectivity index (χ4v) is 5.49. The van der Waals surface area contributed by atoms with E-state index in [2.05, 4.69) is 73.2 Å². The highest BCUT2D eigenvalue weighted by Crippen LogP contribution is 2.34. The Kier molecular flexibility index (Phi) is 7.10. The summed E-state index contributed by atoms with van der Waals surface area (Å²) in [6.45, 7) is 8.38. The molecule has 0 aromatic carbocycles. The first-order chi connectivity index (χ1) is 19.6. The van der Waals surface area contributed by atoms with E-state index in [1.165, 1.54) is 25.7 Å². The van der Waals surface area contributed by atoms with Crippen LogP contribution >= 0.6 is 0 Å². The van der Waals surface area contributed by atoms with Crippen LogP contribution in [0, 0.1) is 12.8 Å². The third-order valence-electron chi connectivity index (χ3n) is 7.60. The van der Waals surface area contributed by atoms with Crippen molar-refractivity contribution in [1.82, 2.24) is 30.1 Å². The third kappa shape index (κ3) is 5.10. The molecule has 7 nitrogen and oxygen atoms in total. The number of anilines is 1. The fourth-order valence-electron chi connectivity index (χ4n) is 5.49. The monoisotopic (exact) mass is 527 g/mol. The molecule has 0 atom stereocenters. The van der Waals surface area contributed by atoms with Crippen LogP contribution in [-0.2, 0) is 0 Å². The zero-order valence-corrected chi connectivity index (χ0v) is 22.9. The molecule has 0 radical (unpaired) electrons. The largest absolute Gasteiger partial charge is 0.358 e. The second kappa shape index (κ2) is 11.1. The molecule has 200 valence electrons. The Hall–Kier alpha value is -4.78. The molecule has 0 amide bonds. The van der Waals surface area contributed by atoms with E-state index in [-0.39, 0.29) is 0 Å². The van der Waals surface area contributed by atoms with E-state index in [0.29, 0.717) is 11.6 Å². The van der Waals surface area contributed by atoms with Crippen LogP contribution in [0.15, 0.2) is 91.7 Å². The lowest BCUT2D eigenvalue weighted by Gasteiger charge is -2.15. The van der Waals surface area contributed by atoms with E-state index in [4.69, 9.17) is 0 Å². The van der Waals surface area contributed by atoms with E-state index in [9.17, 15) is 0 Å². The molecule has 1 fully saturated rings. The van der Waals surface area contributed by atoms with Gasteiger partial charge in [-0.1, -0.05) is 43.7 Å². The van der Waals surface area contributed by atoms with Crippen molar-refractivity contribution >= 4 is 22.3 Å². The number of nitrogens with one attached hydrogen (secondary N) is 3. The van der Waals surface area contributed by atoms with Gasteiger partial charge in [0.25, 0.3) is 0 Å². The number of fused-ring (bicyclic) bond motifs is 1. The van der Waals surface area contributed by atoms with Gasteiger partial charge in [-0.3, -0.25) is 15.1 Å². The summed E-state index contributed by atoms with van der Waals surface area (Å²) in [6.07, 6.45) is 18.5. The smallest absolute Gasteiger partial charge is 0.181 e. The Bertz CT molecular complexity index is 1720. The molecule has 3 N–H and O–H groups in total. The summed E-state index contributed by atoms with van der Waals surface area (Å²) in [5, 5.41) is 12.1. The van der Waals surface area contributed by atoms with E-state index < -0.39 is 0 Å². The molecule has 40 heavy (non-hydrogen) atoms. The molecular weight excluding hydrogens is 494 g/mol. The lowest BCUT2D eigenvalue weighted by atomic mass is 10.0. The van der Waals surface area contributed by atoms with Gasteiger partial charge in [-0.2, -0.15) is 5.10 Å². The third-order valence-corrected chi connectivity index (χ3v) is 7.60. The first-order valence-corrected chi connectivity index (χ1v) is 13.8. The van der Waals surface area contributed by atoms with E-state index in [0.717, 1.165) is 61.8 Å². The SMILES string of the molecule is C=C(Nc1cncc(-c2cnc3n[nH]c(-c4cc(/C(=C\C=C/C)c5ccccn5)c(C)[nH]4)c3c2)c1)C1CCCC1. The van der Waals surface area contributed by atoms with Crippen molar-refractivity contribution in [2.45, 2.75) is 39.5 Å². The number of nitrogens with zero attached hydrogens (tertiary/aromatic N) is 4. The van der Waals surface area contributed by atoms with Gasteiger partial charge in [-0.05, 0) is 62.9 Å². The maximum absolute atomic E-state index is 4.66. The zero-order valence-electron chi connectivity index (χ0n) is 22.9. The van der Waals surface area contributed by atoms with Crippen LogP contribution in [-0.4, -0.2) is 30.1 Å². The Morgan fingerprint density at radius 1 is 1.05 bits per heavy atom. The number of aromatic nitrogens is 6. The van der Waals surface area contributed by atoms with Crippen molar-refractivity contribution in [3.05, 3.63) is 109 Å². The second-order valence-corrected chi connectivity index (χ2v) is 10.3. The topological polar surface area (TPSA) is 95.2 Å². The Labute approximate surface area is 234 Å². The summed E-state index contributed by atoms with van der Waals surface area (Å²) in [5.74, 6) is 0.537. The molecule has 0 aliphatic heterocycles.